The molecule has 1 aliphatic carbocycles. The monoisotopic (exact) mass is 180 g/mol. The van der Waals surface area contributed by atoms with Crippen LogP contribution >= 0.6 is 0 Å². The van der Waals surface area contributed by atoms with E-state index < -0.39 is 0 Å². The quantitative estimate of drug-likeness (QED) is 0.649. The van der Waals surface area contributed by atoms with Crippen molar-refractivity contribution in [2.24, 2.45) is 11.8 Å². The molecule has 2 heteroatoms. The van der Waals surface area contributed by atoms with E-state index in [1.807, 2.05) is 0 Å². The summed E-state index contributed by atoms with van der Waals surface area (Å²) < 4.78 is 0. The van der Waals surface area contributed by atoms with Gasteiger partial charge in [0.25, 0.3) is 0 Å². The number of fused-ring (bicyclic) bond motifs is 2. The molecule has 3 rings (SSSR count). The fourth-order valence-corrected chi connectivity index (χ4v) is 3.30. The lowest BCUT2D eigenvalue weighted by Gasteiger charge is -2.47. The molecule has 0 aromatic carbocycles. The molecule has 0 spiro atoms. The molecule has 3 aliphatic rings. The maximum absolute atomic E-state index is 3.38. The van der Waals surface area contributed by atoms with Crippen LogP contribution in [0.15, 0.2) is 0 Å². The highest BCUT2D eigenvalue weighted by atomic mass is 15.2. The Morgan fingerprint density at radius 3 is 2.23 bits per heavy atom. The van der Waals surface area contributed by atoms with Gasteiger partial charge in [-0.2, -0.15) is 0 Å². The van der Waals surface area contributed by atoms with Crippen LogP contribution in [0.2, 0.25) is 0 Å². The molecule has 2 bridgehead atoms. The van der Waals surface area contributed by atoms with Crippen molar-refractivity contribution >= 4 is 0 Å². The predicted octanol–water partition coefficient (Wildman–Crippen LogP) is 1.08. The largest absolute Gasteiger partial charge is 0.314 e. The normalized spacial score (nSPS) is 41.5. The van der Waals surface area contributed by atoms with Crippen LogP contribution in [0.25, 0.3) is 0 Å². The lowest BCUT2D eigenvalue weighted by molar-refractivity contribution is 0.0347. The number of hydrogen-bond acceptors (Lipinski definition) is 2. The Hall–Kier alpha value is -0.0800. The van der Waals surface area contributed by atoms with E-state index in [1.165, 1.54) is 51.9 Å². The van der Waals surface area contributed by atoms with Gasteiger partial charge in [0, 0.05) is 32.2 Å². The van der Waals surface area contributed by atoms with Crippen LogP contribution < -0.4 is 5.32 Å². The first kappa shape index (κ1) is 8.25. The van der Waals surface area contributed by atoms with Crippen LogP contribution in [0, 0.1) is 11.8 Å². The van der Waals surface area contributed by atoms with Crippen molar-refractivity contribution in [1.82, 2.24) is 10.2 Å². The summed E-state index contributed by atoms with van der Waals surface area (Å²) in [6.07, 6.45) is 6.06. The third kappa shape index (κ3) is 1.50. The number of nitrogens with zero attached hydrogens (tertiary/aromatic N) is 1. The van der Waals surface area contributed by atoms with Crippen molar-refractivity contribution in [3.05, 3.63) is 0 Å². The van der Waals surface area contributed by atoms with Gasteiger partial charge in [0.05, 0.1) is 0 Å². The number of nitrogens with one attached hydrogen (secondary N) is 1. The zero-order valence-corrected chi connectivity index (χ0v) is 8.34. The third-order valence-electron chi connectivity index (χ3n) is 4.15. The van der Waals surface area contributed by atoms with E-state index in [0.717, 1.165) is 17.9 Å². The lowest BCUT2D eigenvalue weighted by Crippen LogP contribution is -2.60. The average Bonchev–Trinajstić information content (AvgIpc) is 2.00. The molecule has 2 aliphatic heterocycles. The molecule has 74 valence electrons. The van der Waals surface area contributed by atoms with E-state index in [9.17, 15) is 0 Å². The summed E-state index contributed by atoms with van der Waals surface area (Å²) in [5, 5.41) is 3.38. The van der Waals surface area contributed by atoms with Gasteiger partial charge in [0.15, 0.2) is 0 Å². The first-order valence-corrected chi connectivity index (χ1v) is 5.86. The van der Waals surface area contributed by atoms with Crippen LogP contribution in [0.1, 0.15) is 25.7 Å². The minimum atomic E-state index is 0.892. The Labute approximate surface area is 80.7 Å². The first-order chi connectivity index (χ1) is 6.42. The van der Waals surface area contributed by atoms with E-state index >= 15 is 0 Å². The average molecular weight is 180 g/mol. The Kier molecular flexibility index (Phi) is 2.06. The maximum atomic E-state index is 3.38. The van der Waals surface area contributed by atoms with Gasteiger partial charge in [-0.1, -0.05) is 6.42 Å². The van der Waals surface area contributed by atoms with Crippen molar-refractivity contribution in [1.29, 1.82) is 0 Å². The molecule has 1 saturated carbocycles. The summed E-state index contributed by atoms with van der Waals surface area (Å²) in [6.45, 7) is 5.31. The fraction of sp³-hybridized carbons (Fsp3) is 1.00. The predicted molar refractivity (Wildman–Crippen MR) is 53.7 cm³/mol. The Balaban J connectivity index is 1.64. The zero-order chi connectivity index (χ0) is 8.67. The number of piperidine rings is 1. The third-order valence-corrected chi connectivity index (χ3v) is 4.15. The smallest absolute Gasteiger partial charge is 0.0345 e. The van der Waals surface area contributed by atoms with Crippen LogP contribution in [-0.4, -0.2) is 37.1 Å². The molecule has 0 radical (unpaired) electrons. The highest BCUT2D eigenvalue weighted by Gasteiger charge is 2.35. The van der Waals surface area contributed by atoms with Gasteiger partial charge in [0.2, 0.25) is 0 Å². The molecular formula is C11H20N2. The summed E-state index contributed by atoms with van der Waals surface area (Å²) in [5.41, 5.74) is 0. The lowest BCUT2D eigenvalue weighted by atomic mass is 9.77. The number of rotatable bonds is 1. The van der Waals surface area contributed by atoms with E-state index in [1.54, 1.807) is 0 Å². The molecule has 0 amide bonds. The van der Waals surface area contributed by atoms with Crippen LogP contribution in [0.5, 0.6) is 0 Å². The molecule has 2 saturated heterocycles. The van der Waals surface area contributed by atoms with Gasteiger partial charge < -0.3 is 5.32 Å². The second kappa shape index (κ2) is 3.25. The Morgan fingerprint density at radius 2 is 1.69 bits per heavy atom. The topological polar surface area (TPSA) is 15.3 Å². The molecule has 0 aromatic rings. The molecule has 0 aromatic heterocycles. The first-order valence-electron chi connectivity index (χ1n) is 5.86. The second-order valence-electron chi connectivity index (χ2n) is 5.16. The maximum Gasteiger partial charge on any atom is 0.0345 e. The minimum Gasteiger partial charge on any atom is -0.314 e. The summed E-state index contributed by atoms with van der Waals surface area (Å²) in [5.74, 6) is 2.10. The molecular weight excluding hydrogens is 160 g/mol. The van der Waals surface area contributed by atoms with Gasteiger partial charge in [-0.05, 0) is 31.1 Å². The van der Waals surface area contributed by atoms with Gasteiger partial charge >= 0.3 is 0 Å². The van der Waals surface area contributed by atoms with Gasteiger partial charge in [0.1, 0.15) is 0 Å². The number of likely N-dealkylation sites (tertiary alicyclic amines) is 1. The van der Waals surface area contributed by atoms with Gasteiger partial charge in [-0.3, -0.25) is 4.90 Å². The summed E-state index contributed by atoms with van der Waals surface area (Å²) in [7, 11) is 0. The van der Waals surface area contributed by atoms with Gasteiger partial charge in [-0.25, -0.2) is 0 Å². The summed E-state index contributed by atoms with van der Waals surface area (Å²) in [4.78, 5) is 2.76. The standard InChI is InChI=1S/C11H20N2/c1-2-9-4-10(3-1)8-13(7-9)11-5-12-6-11/h9-12H,1-8H2. The van der Waals surface area contributed by atoms with Crippen molar-refractivity contribution in [2.75, 3.05) is 26.2 Å². The van der Waals surface area contributed by atoms with E-state index in [-0.39, 0.29) is 0 Å². The molecule has 3 fully saturated rings. The van der Waals surface area contributed by atoms with Crippen molar-refractivity contribution in [2.45, 2.75) is 31.7 Å². The molecule has 2 atom stereocenters. The SMILES string of the molecule is C1CC2CC(C1)CN(C1CNC1)C2. The zero-order valence-electron chi connectivity index (χ0n) is 8.34. The van der Waals surface area contributed by atoms with Crippen molar-refractivity contribution in [3.8, 4) is 0 Å². The van der Waals surface area contributed by atoms with Gasteiger partial charge in [-0.15, -0.1) is 0 Å². The van der Waals surface area contributed by atoms with E-state index in [4.69, 9.17) is 0 Å². The van der Waals surface area contributed by atoms with Crippen LogP contribution in [0.3, 0.4) is 0 Å². The van der Waals surface area contributed by atoms with Crippen molar-refractivity contribution < 1.29 is 0 Å². The van der Waals surface area contributed by atoms with Crippen LogP contribution in [0.4, 0.5) is 0 Å². The summed E-state index contributed by atoms with van der Waals surface area (Å²) in [6, 6.07) is 0.892. The number of hydrogen-bond donors (Lipinski definition) is 1. The van der Waals surface area contributed by atoms with Crippen LogP contribution in [-0.2, 0) is 0 Å². The molecule has 13 heavy (non-hydrogen) atoms. The molecule has 1 N–H and O–H groups in total. The van der Waals surface area contributed by atoms with Crippen molar-refractivity contribution in [3.63, 3.8) is 0 Å². The van der Waals surface area contributed by atoms with E-state index in [2.05, 4.69) is 10.2 Å². The minimum absolute atomic E-state index is 0.892. The van der Waals surface area contributed by atoms with E-state index in [0.29, 0.717) is 0 Å². The Morgan fingerprint density at radius 1 is 1.00 bits per heavy atom. The highest BCUT2D eigenvalue weighted by molar-refractivity contribution is 4.91. The molecule has 2 unspecified atom stereocenters. The highest BCUT2D eigenvalue weighted by Crippen LogP contribution is 2.35. The fourth-order valence-electron chi connectivity index (χ4n) is 3.30. The Bertz CT molecular complexity index is 177. The molecule has 2 nitrogen and oxygen atoms in total. The summed E-state index contributed by atoms with van der Waals surface area (Å²) >= 11 is 0. The second-order valence-corrected chi connectivity index (χ2v) is 5.16. The molecule has 2 heterocycles.